The van der Waals surface area contributed by atoms with E-state index in [0.29, 0.717) is 5.11 Å². The highest BCUT2D eigenvalue weighted by molar-refractivity contribution is 7.80. The van der Waals surface area contributed by atoms with Crippen molar-refractivity contribution in [3.63, 3.8) is 0 Å². The second kappa shape index (κ2) is 7.49. The molecule has 1 heterocycles. The maximum Gasteiger partial charge on any atom is 0.170 e. The molecule has 2 aromatic rings. The quantitative estimate of drug-likeness (QED) is 0.631. The van der Waals surface area contributed by atoms with Gasteiger partial charge in [-0.25, -0.2) is 0 Å². The minimum Gasteiger partial charge on any atom is -0.497 e. The van der Waals surface area contributed by atoms with Gasteiger partial charge in [0.05, 0.1) is 7.11 Å². The number of aryl methyl sites for hydroxylation is 1. The Morgan fingerprint density at radius 1 is 1.35 bits per heavy atom. The van der Waals surface area contributed by atoms with Crippen LogP contribution < -0.4 is 15.4 Å². The van der Waals surface area contributed by atoms with Crippen LogP contribution in [0.4, 0.5) is 5.69 Å². The fraction of sp³-hybridized carbons (Fsp3) is 0.286. The number of rotatable bonds is 6. The van der Waals surface area contributed by atoms with E-state index < -0.39 is 0 Å². The lowest BCUT2D eigenvalue weighted by Gasteiger charge is -2.11. The van der Waals surface area contributed by atoms with Crippen LogP contribution in [0, 0.1) is 0 Å². The number of hydrogen-bond donors (Lipinski definition) is 2. The summed E-state index contributed by atoms with van der Waals surface area (Å²) in [6, 6.07) is 9.56. The third kappa shape index (κ3) is 4.55. The Labute approximate surface area is 123 Å². The first-order valence-electron chi connectivity index (χ1n) is 6.44. The van der Waals surface area contributed by atoms with E-state index in [0.717, 1.165) is 30.9 Å². The van der Waals surface area contributed by atoms with E-state index in [2.05, 4.69) is 15.7 Å². The third-order valence-electron chi connectivity index (χ3n) is 2.76. The third-order valence-corrected chi connectivity index (χ3v) is 3.00. The van der Waals surface area contributed by atoms with Gasteiger partial charge in [0.2, 0.25) is 0 Å². The van der Waals surface area contributed by atoms with Crippen molar-refractivity contribution in [2.45, 2.75) is 13.0 Å². The first-order valence-corrected chi connectivity index (χ1v) is 6.85. The average molecular weight is 290 g/mol. The number of methoxy groups -OCH3 is 1. The minimum atomic E-state index is 0.621. The molecule has 6 heteroatoms. The molecule has 2 N–H and O–H groups in total. The largest absolute Gasteiger partial charge is 0.497 e. The van der Waals surface area contributed by atoms with E-state index in [1.54, 1.807) is 13.3 Å². The predicted molar refractivity (Wildman–Crippen MR) is 84.1 cm³/mol. The molecule has 20 heavy (non-hydrogen) atoms. The number of nitrogens with zero attached hydrogens (tertiary/aromatic N) is 2. The van der Waals surface area contributed by atoms with E-state index in [9.17, 15) is 0 Å². The topological polar surface area (TPSA) is 51.1 Å². The zero-order chi connectivity index (χ0) is 14.2. The lowest BCUT2D eigenvalue weighted by molar-refractivity contribution is 0.415. The number of hydrogen-bond acceptors (Lipinski definition) is 3. The lowest BCUT2D eigenvalue weighted by atomic mass is 10.3. The highest BCUT2D eigenvalue weighted by Gasteiger charge is 1.98. The van der Waals surface area contributed by atoms with Crippen molar-refractivity contribution in [2.24, 2.45) is 0 Å². The van der Waals surface area contributed by atoms with Crippen molar-refractivity contribution in [2.75, 3.05) is 19.0 Å². The molecule has 0 fully saturated rings. The molecule has 0 amide bonds. The van der Waals surface area contributed by atoms with Crippen LogP contribution in [-0.2, 0) is 6.54 Å². The van der Waals surface area contributed by atoms with Crippen molar-refractivity contribution < 1.29 is 4.74 Å². The van der Waals surface area contributed by atoms with Crippen LogP contribution in [0.1, 0.15) is 6.42 Å². The molecule has 0 unspecified atom stereocenters. The molecule has 0 saturated carbocycles. The molecule has 0 aliphatic carbocycles. The number of aromatic nitrogens is 2. The Morgan fingerprint density at radius 2 is 2.15 bits per heavy atom. The van der Waals surface area contributed by atoms with Crippen LogP contribution >= 0.6 is 12.2 Å². The summed E-state index contributed by atoms with van der Waals surface area (Å²) in [6.07, 6.45) is 4.70. The molecule has 106 valence electrons. The zero-order valence-corrected chi connectivity index (χ0v) is 12.2. The molecule has 5 nitrogen and oxygen atoms in total. The second-order valence-electron chi connectivity index (χ2n) is 4.23. The van der Waals surface area contributed by atoms with E-state index in [1.165, 1.54) is 0 Å². The van der Waals surface area contributed by atoms with Gasteiger partial charge < -0.3 is 15.4 Å². The first kappa shape index (κ1) is 14.3. The molecule has 0 radical (unpaired) electrons. The summed E-state index contributed by atoms with van der Waals surface area (Å²) in [6.45, 7) is 1.69. The fourth-order valence-electron chi connectivity index (χ4n) is 1.73. The van der Waals surface area contributed by atoms with Gasteiger partial charge in [-0.05, 0) is 49.0 Å². The highest BCUT2D eigenvalue weighted by Crippen LogP contribution is 2.14. The fourth-order valence-corrected chi connectivity index (χ4v) is 1.95. The summed E-state index contributed by atoms with van der Waals surface area (Å²) in [7, 11) is 1.65. The molecule has 0 spiro atoms. The van der Waals surface area contributed by atoms with Crippen LogP contribution in [0.2, 0.25) is 0 Å². The summed E-state index contributed by atoms with van der Waals surface area (Å²) in [4.78, 5) is 0. The minimum absolute atomic E-state index is 0.621. The Kier molecular flexibility index (Phi) is 5.37. The number of benzene rings is 1. The Hall–Kier alpha value is -2.08. The standard InChI is InChI=1S/C14H18N4OS/c1-19-13-6-4-12(5-7-13)17-14(20)15-8-2-10-18-11-3-9-16-18/h3-7,9,11H,2,8,10H2,1H3,(H2,15,17,20). The maximum absolute atomic E-state index is 5.23. The van der Waals surface area contributed by atoms with Gasteiger partial charge in [0.1, 0.15) is 5.75 Å². The Bertz CT molecular complexity index is 525. The second-order valence-corrected chi connectivity index (χ2v) is 4.64. The zero-order valence-electron chi connectivity index (χ0n) is 11.4. The molecule has 0 aliphatic heterocycles. The number of ether oxygens (including phenoxy) is 1. The van der Waals surface area contributed by atoms with E-state index in [1.807, 2.05) is 41.2 Å². The SMILES string of the molecule is COc1ccc(NC(=S)NCCCn2cccn2)cc1. The van der Waals surface area contributed by atoms with Gasteiger partial charge in [-0.15, -0.1) is 0 Å². The maximum atomic E-state index is 5.23. The van der Waals surface area contributed by atoms with Crippen molar-refractivity contribution in [1.82, 2.24) is 15.1 Å². The summed E-state index contributed by atoms with van der Waals surface area (Å²) >= 11 is 5.23. The number of thiocarbonyl (C=S) groups is 1. The van der Waals surface area contributed by atoms with Gasteiger partial charge in [0.15, 0.2) is 5.11 Å². The van der Waals surface area contributed by atoms with Crippen molar-refractivity contribution in [3.8, 4) is 5.75 Å². The summed E-state index contributed by atoms with van der Waals surface area (Å²) < 4.78 is 7.01. The van der Waals surface area contributed by atoms with Crippen LogP contribution in [-0.4, -0.2) is 28.5 Å². The lowest BCUT2D eigenvalue weighted by Crippen LogP contribution is -2.29. The predicted octanol–water partition coefficient (Wildman–Crippen LogP) is 2.27. The highest BCUT2D eigenvalue weighted by atomic mass is 32.1. The van der Waals surface area contributed by atoms with Crippen LogP contribution in [0.15, 0.2) is 42.7 Å². The molecule has 0 aliphatic rings. The molecule has 0 bridgehead atoms. The molecular weight excluding hydrogens is 272 g/mol. The summed E-state index contributed by atoms with van der Waals surface area (Å²) in [5, 5.41) is 11.1. The van der Waals surface area contributed by atoms with Crippen molar-refractivity contribution in [1.29, 1.82) is 0 Å². The van der Waals surface area contributed by atoms with Crippen LogP contribution in [0.3, 0.4) is 0 Å². The van der Waals surface area contributed by atoms with E-state index in [4.69, 9.17) is 17.0 Å². The number of nitrogens with one attached hydrogen (secondary N) is 2. The summed E-state index contributed by atoms with van der Waals surface area (Å²) in [5.41, 5.74) is 0.940. The van der Waals surface area contributed by atoms with E-state index in [-0.39, 0.29) is 0 Å². The van der Waals surface area contributed by atoms with E-state index >= 15 is 0 Å². The first-order chi connectivity index (χ1) is 9.78. The van der Waals surface area contributed by atoms with Gasteiger partial charge in [0, 0.05) is 31.2 Å². The van der Waals surface area contributed by atoms with Gasteiger partial charge in [-0.1, -0.05) is 0 Å². The van der Waals surface area contributed by atoms with Gasteiger partial charge in [-0.3, -0.25) is 4.68 Å². The van der Waals surface area contributed by atoms with Crippen LogP contribution in [0.25, 0.3) is 0 Å². The van der Waals surface area contributed by atoms with Crippen molar-refractivity contribution >= 4 is 23.0 Å². The van der Waals surface area contributed by atoms with Crippen LogP contribution in [0.5, 0.6) is 5.75 Å². The molecule has 0 saturated heterocycles. The molecule has 2 rings (SSSR count). The molecular formula is C14H18N4OS. The Balaban J connectivity index is 1.66. The monoisotopic (exact) mass is 290 g/mol. The van der Waals surface area contributed by atoms with Crippen molar-refractivity contribution in [3.05, 3.63) is 42.7 Å². The summed E-state index contributed by atoms with van der Waals surface area (Å²) in [5.74, 6) is 0.827. The number of anilines is 1. The molecule has 1 aromatic carbocycles. The molecule has 1 aromatic heterocycles. The molecule has 0 atom stereocenters. The normalized spacial score (nSPS) is 10.1. The van der Waals surface area contributed by atoms with Gasteiger partial charge >= 0.3 is 0 Å². The van der Waals surface area contributed by atoms with Gasteiger partial charge in [0.25, 0.3) is 0 Å². The van der Waals surface area contributed by atoms with Gasteiger partial charge in [-0.2, -0.15) is 5.10 Å². The Morgan fingerprint density at radius 3 is 2.80 bits per heavy atom. The average Bonchev–Trinajstić information content (AvgIpc) is 2.98. The smallest absolute Gasteiger partial charge is 0.170 e.